The molecule has 0 radical (unpaired) electrons. The fraction of sp³-hybridized carbons (Fsp3) is 0.455. The molecule has 1 unspecified atom stereocenters. The largest absolute Gasteiger partial charge is 0.480 e. The number of carbonyl (C=O) groups is 2. The lowest BCUT2D eigenvalue weighted by atomic mass is 10.1. The van der Waals surface area contributed by atoms with Gasteiger partial charge < -0.3 is 10.1 Å². The van der Waals surface area contributed by atoms with Crippen LogP contribution in [0.5, 0.6) is 0 Å². The maximum absolute atomic E-state index is 11.2. The van der Waals surface area contributed by atoms with Crippen LogP contribution in [0, 0.1) is 0 Å². The quantitative estimate of drug-likeness (QED) is 0.793. The highest BCUT2D eigenvalue weighted by Gasteiger charge is 2.30. The van der Waals surface area contributed by atoms with Crippen LogP contribution < -0.4 is 0 Å². The molecule has 2 rings (SSSR count). The number of H-pyrrole nitrogens is 1. The molecule has 0 aromatic carbocycles. The average molecular weight is 222 g/mol. The van der Waals surface area contributed by atoms with Gasteiger partial charge in [0, 0.05) is 37.8 Å². The van der Waals surface area contributed by atoms with Gasteiger partial charge in [0.1, 0.15) is 11.8 Å². The second kappa shape index (κ2) is 4.49. The number of ketones is 1. The van der Waals surface area contributed by atoms with Crippen molar-refractivity contribution < 1.29 is 14.7 Å². The highest BCUT2D eigenvalue weighted by Crippen LogP contribution is 2.22. The summed E-state index contributed by atoms with van der Waals surface area (Å²) in [5.41, 5.74) is 0.668. The van der Waals surface area contributed by atoms with Gasteiger partial charge in [0.2, 0.25) is 0 Å². The molecule has 0 amide bonds. The molecule has 1 aliphatic heterocycles. The van der Waals surface area contributed by atoms with Crippen molar-refractivity contribution in [1.29, 1.82) is 0 Å². The van der Waals surface area contributed by atoms with Crippen molar-refractivity contribution in [2.45, 2.75) is 18.9 Å². The fourth-order valence-electron chi connectivity index (χ4n) is 2.03. The summed E-state index contributed by atoms with van der Waals surface area (Å²) >= 11 is 0. The standard InChI is InChI=1S/C11H14N2O3/c14-8-3-6-13(7-4-8)10(11(15)16)9-2-1-5-12-9/h1-2,5,10,12H,3-4,6-7H2,(H,15,16). The van der Waals surface area contributed by atoms with Gasteiger partial charge in [-0.3, -0.25) is 14.5 Å². The number of likely N-dealkylation sites (tertiary alicyclic amines) is 1. The Balaban J connectivity index is 2.14. The van der Waals surface area contributed by atoms with Gasteiger partial charge in [0.05, 0.1) is 0 Å². The molecule has 1 atom stereocenters. The van der Waals surface area contributed by atoms with Gasteiger partial charge in [-0.05, 0) is 12.1 Å². The predicted octanol–water partition coefficient (Wildman–Crippen LogP) is 0.805. The number of hydrogen-bond acceptors (Lipinski definition) is 3. The Labute approximate surface area is 93.1 Å². The van der Waals surface area contributed by atoms with Gasteiger partial charge in [-0.25, -0.2) is 0 Å². The Morgan fingerprint density at radius 1 is 1.44 bits per heavy atom. The molecule has 86 valence electrons. The minimum absolute atomic E-state index is 0.215. The SMILES string of the molecule is O=C1CCN(C(C(=O)O)c2ccc[nH]2)CC1. The minimum atomic E-state index is -0.878. The Kier molecular flexibility index (Phi) is 3.05. The number of nitrogens with one attached hydrogen (secondary N) is 1. The van der Waals surface area contributed by atoms with E-state index >= 15 is 0 Å². The lowest BCUT2D eigenvalue weighted by Gasteiger charge is -2.30. The van der Waals surface area contributed by atoms with E-state index in [0.29, 0.717) is 31.6 Å². The molecule has 0 bridgehead atoms. The van der Waals surface area contributed by atoms with Crippen LogP contribution in [0.1, 0.15) is 24.6 Å². The number of hydrogen-bond donors (Lipinski definition) is 2. The number of aromatic amines is 1. The summed E-state index contributed by atoms with van der Waals surface area (Å²) < 4.78 is 0. The van der Waals surface area contributed by atoms with Gasteiger partial charge in [0.15, 0.2) is 0 Å². The number of carboxylic acid groups (broad SMARTS) is 1. The Hall–Kier alpha value is -1.62. The van der Waals surface area contributed by atoms with Gasteiger partial charge in [-0.1, -0.05) is 0 Å². The molecule has 2 N–H and O–H groups in total. The predicted molar refractivity (Wildman–Crippen MR) is 57.0 cm³/mol. The molecule has 5 heteroatoms. The Morgan fingerprint density at radius 3 is 2.62 bits per heavy atom. The molecule has 1 fully saturated rings. The number of rotatable bonds is 3. The Morgan fingerprint density at radius 2 is 2.12 bits per heavy atom. The first-order valence-corrected chi connectivity index (χ1v) is 5.30. The summed E-state index contributed by atoms with van der Waals surface area (Å²) in [6, 6.07) is 2.87. The van der Waals surface area contributed by atoms with E-state index in [9.17, 15) is 14.7 Å². The van der Waals surface area contributed by atoms with E-state index in [1.807, 2.05) is 4.90 Å². The molecule has 0 aliphatic carbocycles. The first-order valence-electron chi connectivity index (χ1n) is 5.30. The molecule has 0 spiro atoms. The summed E-state index contributed by atoms with van der Waals surface area (Å²) in [5, 5.41) is 9.22. The smallest absolute Gasteiger partial charge is 0.327 e. The van der Waals surface area contributed by atoms with Crippen LogP contribution in [0.4, 0.5) is 0 Å². The Bertz CT molecular complexity index is 376. The molecule has 2 heterocycles. The molecule has 1 aliphatic rings. The van der Waals surface area contributed by atoms with Crippen LogP contribution in [-0.2, 0) is 9.59 Å². The van der Waals surface area contributed by atoms with Crippen LogP contribution in [0.25, 0.3) is 0 Å². The van der Waals surface area contributed by atoms with Crippen molar-refractivity contribution in [3.8, 4) is 0 Å². The van der Waals surface area contributed by atoms with E-state index in [4.69, 9.17) is 0 Å². The number of aliphatic carboxylic acids is 1. The van der Waals surface area contributed by atoms with E-state index in [0.717, 1.165) is 0 Å². The molecular formula is C11H14N2O3. The zero-order chi connectivity index (χ0) is 11.5. The summed E-state index contributed by atoms with van der Waals surface area (Å²) in [4.78, 5) is 27.1. The number of carbonyl (C=O) groups excluding carboxylic acids is 1. The summed E-state index contributed by atoms with van der Waals surface area (Å²) in [7, 11) is 0. The summed E-state index contributed by atoms with van der Waals surface area (Å²) in [6.07, 6.45) is 2.61. The first-order chi connectivity index (χ1) is 7.68. The van der Waals surface area contributed by atoms with Crippen molar-refractivity contribution in [3.05, 3.63) is 24.0 Å². The fourth-order valence-corrected chi connectivity index (χ4v) is 2.03. The van der Waals surface area contributed by atoms with E-state index in [-0.39, 0.29) is 5.78 Å². The molecule has 5 nitrogen and oxygen atoms in total. The number of carboxylic acids is 1. The minimum Gasteiger partial charge on any atom is -0.480 e. The molecule has 1 saturated heterocycles. The zero-order valence-corrected chi connectivity index (χ0v) is 8.85. The van der Waals surface area contributed by atoms with Crippen molar-refractivity contribution in [1.82, 2.24) is 9.88 Å². The van der Waals surface area contributed by atoms with Crippen LogP contribution in [0.2, 0.25) is 0 Å². The maximum Gasteiger partial charge on any atom is 0.327 e. The third-order valence-electron chi connectivity index (χ3n) is 2.87. The van der Waals surface area contributed by atoms with Crippen LogP contribution in [-0.4, -0.2) is 39.8 Å². The highest BCUT2D eigenvalue weighted by molar-refractivity contribution is 5.80. The molecule has 16 heavy (non-hydrogen) atoms. The number of aromatic nitrogens is 1. The zero-order valence-electron chi connectivity index (χ0n) is 8.85. The molecule has 1 aromatic rings. The maximum atomic E-state index is 11.2. The third kappa shape index (κ3) is 2.14. The van der Waals surface area contributed by atoms with Gasteiger partial charge >= 0.3 is 5.97 Å². The van der Waals surface area contributed by atoms with Gasteiger partial charge in [0.25, 0.3) is 0 Å². The van der Waals surface area contributed by atoms with Gasteiger partial charge in [-0.15, -0.1) is 0 Å². The number of piperidine rings is 1. The number of Topliss-reactive ketones (excluding diaryl/α,β-unsaturated/α-hetero) is 1. The molecule has 0 saturated carbocycles. The second-order valence-corrected chi connectivity index (χ2v) is 3.94. The van der Waals surface area contributed by atoms with E-state index in [1.165, 1.54) is 0 Å². The van der Waals surface area contributed by atoms with Crippen molar-refractivity contribution in [2.24, 2.45) is 0 Å². The second-order valence-electron chi connectivity index (χ2n) is 3.94. The lowest BCUT2D eigenvalue weighted by Crippen LogP contribution is -2.40. The lowest BCUT2D eigenvalue weighted by molar-refractivity contribution is -0.145. The topological polar surface area (TPSA) is 73.4 Å². The highest BCUT2D eigenvalue weighted by atomic mass is 16.4. The van der Waals surface area contributed by atoms with Crippen molar-refractivity contribution >= 4 is 11.8 Å². The van der Waals surface area contributed by atoms with E-state index in [1.54, 1.807) is 18.3 Å². The van der Waals surface area contributed by atoms with E-state index < -0.39 is 12.0 Å². The summed E-state index contributed by atoms with van der Waals surface area (Å²) in [6.45, 7) is 1.05. The van der Waals surface area contributed by atoms with Crippen LogP contribution >= 0.6 is 0 Å². The average Bonchev–Trinajstić information content (AvgIpc) is 2.74. The third-order valence-corrected chi connectivity index (χ3v) is 2.87. The monoisotopic (exact) mass is 222 g/mol. The van der Waals surface area contributed by atoms with Crippen molar-refractivity contribution in [2.75, 3.05) is 13.1 Å². The van der Waals surface area contributed by atoms with Crippen LogP contribution in [0.15, 0.2) is 18.3 Å². The van der Waals surface area contributed by atoms with Crippen LogP contribution in [0.3, 0.4) is 0 Å². The first kappa shape index (κ1) is 10.9. The van der Waals surface area contributed by atoms with E-state index in [2.05, 4.69) is 4.98 Å². The van der Waals surface area contributed by atoms with Crippen molar-refractivity contribution in [3.63, 3.8) is 0 Å². The molecular weight excluding hydrogens is 208 g/mol. The van der Waals surface area contributed by atoms with Gasteiger partial charge in [-0.2, -0.15) is 0 Å². The normalized spacial score (nSPS) is 19.6. The summed E-state index contributed by atoms with van der Waals surface area (Å²) in [5.74, 6) is -0.663. The molecule has 1 aromatic heterocycles. The number of nitrogens with zero attached hydrogens (tertiary/aromatic N) is 1.